The third-order valence-electron chi connectivity index (χ3n) is 0. The average molecular weight is 136 g/mol. The van der Waals surface area contributed by atoms with E-state index in [0.717, 1.165) is 0 Å². The Morgan fingerprint density at radius 2 is 1.33 bits per heavy atom. The normalized spacial score (nSPS) is 4.00. The first-order chi connectivity index (χ1) is 1.73. The van der Waals surface area contributed by atoms with Gasteiger partial charge in [-0.25, -0.2) is 0 Å². The fourth-order valence-corrected chi connectivity index (χ4v) is 0. The zero-order valence-corrected chi connectivity index (χ0v) is 4.13. The van der Waals surface area contributed by atoms with Gasteiger partial charge in [0.15, 0.2) is 0 Å². The summed E-state index contributed by atoms with van der Waals surface area (Å²) >= 11 is 0. The Hall–Kier alpha value is -0.321. The SMILES string of the molecule is O=[N+]([O-])[O-].[Fe+3].[NH4+]. The van der Waals surface area contributed by atoms with Gasteiger partial charge in [0.1, 0.15) is 0 Å². The maximum absolute atomic E-state index is 8.25. The van der Waals surface area contributed by atoms with E-state index in [1.54, 1.807) is 0 Å². The van der Waals surface area contributed by atoms with E-state index in [2.05, 4.69) is 0 Å². The van der Waals surface area contributed by atoms with Crippen molar-refractivity contribution < 1.29 is 22.2 Å². The topological polar surface area (TPSA) is 103 Å². The predicted octanol–water partition coefficient (Wildman–Crippen LogP) is 0.135. The molecule has 0 spiro atoms. The zero-order valence-electron chi connectivity index (χ0n) is 3.03. The molecule has 1 radical (unpaired) electrons. The summed E-state index contributed by atoms with van der Waals surface area (Å²) in [6, 6.07) is 0. The molecule has 0 saturated heterocycles. The number of quaternary nitrogens is 1. The van der Waals surface area contributed by atoms with Crippen molar-refractivity contribution in [3.63, 3.8) is 0 Å². The van der Waals surface area contributed by atoms with E-state index >= 15 is 0 Å². The Kier molecular flexibility index (Phi) is 25.5. The van der Waals surface area contributed by atoms with Crippen molar-refractivity contribution in [3.8, 4) is 0 Å². The van der Waals surface area contributed by atoms with E-state index in [1.165, 1.54) is 0 Å². The van der Waals surface area contributed by atoms with E-state index in [4.69, 9.17) is 15.3 Å². The molecule has 0 aromatic carbocycles. The van der Waals surface area contributed by atoms with Gasteiger partial charge in [-0.05, 0) is 0 Å². The van der Waals surface area contributed by atoms with Gasteiger partial charge in [0.05, 0.1) is 5.09 Å². The monoisotopic (exact) mass is 136 g/mol. The average Bonchev–Trinajstić information content (AvgIpc) is 0.811. The Balaban J connectivity index is -0.0000000450. The van der Waals surface area contributed by atoms with Gasteiger partial charge in [-0.2, -0.15) is 0 Å². The molecular formula is H4FeN2O3+3. The molecule has 0 aliphatic carbocycles. The summed E-state index contributed by atoms with van der Waals surface area (Å²) < 4.78 is 0. The van der Waals surface area contributed by atoms with Crippen molar-refractivity contribution in [3.05, 3.63) is 15.3 Å². The van der Waals surface area contributed by atoms with Crippen molar-refractivity contribution in [1.29, 1.82) is 0 Å². The summed E-state index contributed by atoms with van der Waals surface area (Å²) in [5, 5.41) is 14.8. The standard InChI is InChI=1S/Fe.NO3.H3N/c;2-1(3)4;/h;;1H3/q+3;-1;/p+1. The van der Waals surface area contributed by atoms with Crippen molar-refractivity contribution in [2.45, 2.75) is 0 Å². The zero-order chi connectivity index (χ0) is 3.58. The van der Waals surface area contributed by atoms with Crippen molar-refractivity contribution in [2.24, 2.45) is 0 Å². The first-order valence-electron chi connectivity index (χ1n) is 0.548. The van der Waals surface area contributed by atoms with Crippen LogP contribution in [0, 0.1) is 15.3 Å². The van der Waals surface area contributed by atoms with Gasteiger partial charge in [-0.15, -0.1) is 0 Å². The maximum Gasteiger partial charge on any atom is 3.00 e. The Morgan fingerprint density at radius 1 is 1.33 bits per heavy atom. The second-order valence-corrected chi connectivity index (χ2v) is 0.224. The van der Waals surface area contributed by atoms with Crippen LogP contribution in [0.5, 0.6) is 0 Å². The molecule has 4 N–H and O–H groups in total. The van der Waals surface area contributed by atoms with Gasteiger partial charge < -0.3 is 21.5 Å². The summed E-state index contributed by atoms with van der Waals surface area (Å²) in [7, 11) is 0. The molecular weight excluding hydrogens is 132 g/mol. The second kappa shape index (κ2) is 8.82. The van der Waals surface area contributed by atoms with Gasteiger partial charge in [0.25, 0.3) is 0 Å². The molecule has 0 aromatic rings. The molecule has 0 heterocycles. The maximum atomic E-state index is 8.25. The molecule has 5 nitrogen and oxygen atoms in total. The van der Waals surface area contributed by atoms with Crippen LogP contribution in [0.3, 0.4) is 0 Å². The molecule has 0 aliphatic heterocycles. The largest absolute Gasteiger partial charge is 3.00 e. The molecule has 0 aromatic heterocycles. The quantitative estimate of drug-likeness (QED) is 0.290. The van der Waals surface area contributed by atoms with Crippen LogP contribution >= 0.6 is 0 Å². The molecule has 0 atom stereocenters. The van der Waals surface area contributed by atoms with Crippen LogP contribution in [0.25, 0.3) is 0 Å². The molecule has 0 fully saturated rings. The minimum atomic E-state index is -1.75. The van der Waals surface area contributed by atoms with Gasteiger partial charge in [0.2, 0.25) is 0 Å². The van der Waals surface area contributed by atoms with Crippen LogP contribution in [-0.4, -0.2) is 5.09 Å². The molecule has 0 saturated carbocycles. The summed E-state index contributed by atoms with van der Waals surface area (Å²) in [6.07, 6.45) is 0. The Bertz CT molecular complexity index is 31.8. The van der Waals surface area contributed by atoms with Crippen molar-refractivity contribution in [1.82, 2.24) is 6.15 Å². The molecule has 6 heavy (non-hydrogen) atoms. The van der Waals surface area contributed by atoms with Crippen LogP contribution in [0.2, 0.25) is 0 Å². The summed E-state index contributed by atoms with van der Waals surface area (Å²) in [6.45, 7) is 0. The van der Waals surface area contributed by atoms with Gasteiger partial charge in [-0.3, -0.25) is 0 Å². The van der Waals surface area contributed by atoms with Crippen LogP contribution in [0.1, 0.15) is 0 Å². The van der Waals surface area contributed by atoms with E-state index in [9.17, 15) is 0 Å². The molecule has 0 rings (SSSR count). The molecule has 0 bridgehead atoms. The third kappa shape index (κ3) is 257. The van der Waals surface area contributed by atoms with Gasteiger partial charge in [0, 0.05) is 0 Å². The third-order valence-corrected chi connectivity index (χ3v) is 0. The Morgan fingerprint density at radius 3 is 1.33 bits per heavy atom. The minimum Gasteiger partial charge on any atom is -0.369 e. The molecule has 0 amide bonds. The number of rotatable bonds is 0. The van der Waals surface area contributed by atoms with Crippen molar-refractivity contribution >= 4 is 0 Å². The van der Waals surface area contributed by atoms with Crippen molar-refractivity contribution in [2.75, 3.05) is 0 Å². The molecule has 6 heteroatoms. The van der Waals surface area contributed by atoms with Crippen LogP contribution in [0.15, 0.2) is 0 Å². The van der Waals surface area contributed by atoms with E-state index < -0.39 is 5.09 Å². The second-order valence-electron chi connectivity index (χ2n) is 0.224. The van der Waals surface area contributed by atoms with Gasteiger partial charge in [-0.1, -0.05) is 0 Å². The van der Waals surface area contributed by atoms with Crippen LogP contribution < -0.4 is 6.15 Å². The van der Waals surface area contributed by atoms with Crippen LogP contribution in [0.4, 0.5) is 0 Å². The molecule has 37 valence electrons. The van der Waals surface area contributed by atoms with Gasteiger partial charge >= 0.3 is 17.1 Å². The minimum absolute atomic E-state index is 0. The smallest absolute Gasteiger partial charge is 0.369 e. The fraction of sp³-hybridized carbons (Fsp3) is 0. The van der Waals surface area contributed by atoms with E-state index in [-0.39, 0.29) is 23.2 Å². The molecule has 0 aliphatic rings. The van der Waals surface area contributed by atoms with Crippen LogP contribution in [-0.2, 0) is 17.1 Å². The first-order valence-corrected chi connectivity index (χ1v) is 0.548. The van der Waals surface area contributed by atoms with E-state index in [0.29, 0.717) is 0 Å². The summed E-state index contributed by atoms with van der Waals surface area (Å²) in [5.41, 5.74) is 0. The number of hydrogen-bond acceptors (Lipinski definition) is 3. The fourth-order valence-electron chi connectivity index (χ4n) is 0. The first kappa shape index (κ1) is 17.3. The predicted molar refractivity (Wildman–Crippen MR) is 16.3 cm³/mol. The molecule has 0 unspecified atom stereocenters. The summed E-state index contributed by atoms with van der Waals surface area (Å²) in [5.74, 6) is 0. The van der Waals surface area contributed by atoms with E-state index in [1.807, 2.05) is 0 Å². The number of hydrogen-bond donors (Lipinski definition) is 1. The summed E-state index contributed by atoms with van der Waals surface area (Å²) in [4.78, 5) is 8.25. The number of nitrogens with zero attached hydrogens (tertiary/aromatic N) is 1. The Labute approximate surface area is 44.5 Å².